The van der Waals surface area contributed by atoms with E-state index >= 15 is 0 Å². The van der Waals surface area contributed by atoms with Gasteiger partial charge < -0.3 is 10.2 Å². The lowest BCUT2D eigenvalue weighted by Crippen LogP contribution is -2.42. The van der Waals surface area contributed by atoms with Crippen LogP contribution in [-0.4, -0.2) is 28.9 Å². The number of aromatic nitrogens is 2. The maximum Gasteiger partial charge on any atom is 0.150 e. The molecule has 1 aromatic heterocycles. The predicted molar refractivity (Wildman–Crippen MR) is 83.1 cm³/mol. The molecule has 23 heavy (non-hydrogen) atoms. The summed E-state index contributed by atoms with van der Waals surface area (Å²) in [5.74, 6) is -1.47. The van der Waals surface area contributed by atoms with E-state index in [0.717, 1.165) is 37.2 Å². The summed E-state index contributed by atoms with van der Waals surface area (Å²) in [6, 6.07) is 3.77. The molecule has 0 bridgehead atoms. The Hall–Kier alpha value is -2.62. The van der Waals surface area contributed by atoms with Gasteiger partial charge in [0.1, 0.15) is 5.69 Å². The van der Waals surface area contributed by atoms with Crippen LogP contribution in [0, 0.1) is 23.0 Å². The Morgan fingerprint density at radius 1 is 1.35 bits per heavy atom. The molecule has 1 fully saturated rings. The van der Waals surface area contributed by atoms with Crippen LogP contribution in [0.3, 0.4) is 0 Å². The lowest BCUT2D eigenvalue weighted by Gasteiger charge is -2.34. The van der Waals surface area contributed by atoms with Crippen LogP contribution >= 0.6 is 0 Å². The molecule has 0 unspecified atom stereocenters. The first kappa shape index (κ1) is 15.3. The van der Waals surface area contributed by atoms with E-state index in [9.17, 15) is 8.78 Å². The molecular formula is C16H17F2N5. The summed E-state index contributed by atoms with van der Waals surface area (Å²) in [5, 5.41) is 15.8. The van der Waals surface area contributed by atoms with Crippen molar-refractivity contribution in [2.45, 2.75) is 18.9 Å². The second kappa shape index (κ2) is 6.24. The molecule has 120 valence electrons. The van der Waals surface area contributed by atoms with Crippen LogP contribution in [0.1, 0.15) is 18.4 Å². The van der Waals surface area contributed by atoms with Crippen molar-refractivity contribution in [1.82, 2.24) is 9.78 Å². The van der Waals surface area contributed by atoms with Crippen LogP contribution in [0.2, 0.25) is 0 Å². The minimum atomic E-state index is -0.736. The molecule has 1 atom stereocenters. The molecule has 1 saturated heterocycles. The first-order valence-electron chi connectivity index (χ1n) is 7.46. The van der Waals surface area contributed by atoms with Gasteiger partial charge in [0.25, 0.3) is 0 Å². The molecule has 1 aliphatic heterocycles. The third-order valence-electron chi connectivity index (χ3n) is 4.00. The van der Waals surface area contributed by atoms with Crippen LogP contribution < -0.4 is 10.2 Å². The Morgan fingerprint density at radius 2 is 2.09 bits per heavy atom. The van der Waals surface area contributed by atoms with Crippen molar-refractivity contribution in [3.8, 4) is 6.07 Å². The number of anilines is 2. The molecule has 1 N–H and O–H groups in total. The highest BCUT2D eigenvalue weighted by Gasteiger charge is 2.23. The molecule has 0 spiro atoms. The fourth-order valence-corrected chi connectivity index (χ4v) is 2.88. The topological polar surface area (TPSA) is 56.9 Å². The van der Waals surface area contributed by atoms with Gasteiger partial charge in [-0.25, -0.2) is 8.78 Å². The highest BCUT2D eigenvalue weighted by molar-refractivity contribution is 5.52. The summed E-state index contributed by atoms with van der Waals surface area (Å²) in [7, 11) is 1.85. The average Bonchev–Trinajstić information content (AvgIpc) is 2.97. The number of nitrogens with zero attached hydrogens (tertiary/aromatic N) is 4. The summed E-state index contributed by atoms with van der Waals surface area (Å²) < 4.78 is 29.7. The lowest BCUT2D eigenvalue weighted by molar-refractivity contribution is 0.518. The zero-order valence-corrected chi connectivity index (χ0v) is 12.8. The van der Waals surface area contributed by atoms with Crippen LogP contribution in [-0.2, 0) is 7.05 Å². The molecule has 0 amide bonds. The van der Waals surface area contributed by atoms with Crippen molar-refractivity contribution >= 4 is 11.4 Å². The van der Waals surface area contributed by atoms with Crippen LogP contribution in [0.5, 0.6) is 0 Å². The second-order valence-corrected chi connectivity index (χ2v) is 5.73. The number of aryl methyl sites for hydroxylation is 1. The Bertz CT molecular complexity index is 726. The molecule has 5 nitrogen and oxygen atoms in total. The highest BCUT2D eigenvalue weighted by Crippen LogP contribution is 2.25. The van der Waals surface area contributed by atoms with Gasteiger partial charge in [0, 0.05) is 32.4 Å². The molecule has 1 aromatic carbocycles. The van der Waals surface area contributed by atoms with Gasteiger partial charge in [-0.15, -0.1) is 0 Å². The smallest absolute Gasteiger partial charge is 0.150 e. The van der Waals surface area contributed by atoms with Crippen molar-refractivity contribution in [1.29, 1.82) is 5.26 Å². The van der Waals surface area contributed by atoms with Crippen molar-refractivity contribution in [2.24, 2.45) is 7.05 Å². The van der Waals surface area contributed by atoms with E-state index in [2.05, 4.69) is 15.3 Å². The minimum absolute atomic E-state index is 0.0221. The van der Waals surface area contributed by atoms with Gasteiger partial charge >= 0.3 is 0 Å². The predicted octanol–water partition coefficient (Wildman–Crippen LogP) is 2.65. The molecule has 1 aliphatic rings. The second-order valence-electron chi connectivity index (χ2n) is 5.73. The van der Waals surface area contributed by atoms with Crippen molar-refractivity contribution in [3.63, 3.8) is 0 Å². The standard InChI is InChI=1S/C16H17F2N5/c1-22-10-13(8-20-22)23-4-2-3-12(9-23)21-16-14(17)5-11(7-19)6-15(16)18/h5-6,8,10,12,21H,2-4,9H2,1H3/t12-/m0/s1. The third-order valence-corrected chi connectivity index (χ3v) is 4.00. The quantitative estimate of drug-likeness (QED) is 0.945. The van der Waals surface area contributed by atoms with Crippen molar-refractivity contribution < 1.29 is 8.78 Å². The number of nitrogens with one attached hydrogen (secondary N) is 1. The van der Waals surface area contributed by atoms with E-state index in [-0.39, 0.29) is 17.3 Å². The fraction of sp³-hybridized carbons (Fsp3) is 0.375. The average molecular weight is 317 g/mol. The van der Waals surface area contributed by atoms with Gasteiger partial charge in [0.15, 0.2) is 11.6 Å². The molecule has 0 radical (unpaired) electrons. The molecule has 3 rings (SSSR count). The van der Waals surface area contributed by atoms with Crippen LogP contribution in [0.4, 0.5) is 20.2 Å². The lowest BCUT2D eigenvalue weighted by atomic mass is 10.0. The van der Waals surface area contributed by atoms with Gasteiger partial charge in [-0.2, -0.15) is 10.4 Å². The summed E-state index contributed by atoms with van der Waals surface area (Å²) >= 11 is 0. The van der Waals surface area contributed by atoms with Crippen LogP contribution in [0.15, 0.2) is 24.5 Å². The first-order valence-corrected chi connectivity index (χ1v) is 7.46. The Labute approximate surface area is 133 Å². The van der Waals surface area contributed by atoms with Gasteiger partial charge in [-0.3, -0.25) is 4.68 Å². The summed E-state index contributed by atoms with van der Waals surface area (Å²) in [4.78, 5) is 2.15. The molecule has 0 aliphatic carbocycles. The minimum Gasteiger partial charge on any atom is -0.376 e. The molecule has 2 heterocycles. The number of nitriles is 1. The van der Waals surface area contributed by atoms with Crippen molar-refractivity contribution in [3.05, 3.63) is 41.7 Å². The summed E-state index contributed by atoms with van der Waals surface area (Å²) in [6.45, 7) is 1.53. The number of piperidine rings is 1. The normalized spacial score (nSPS) is 17.8. The van der Waals surface area contributed by atoms with E-state index in [1.54, 1.807) is 16.9 Å². The van der Waals surface area contributed by atoms with Gasteiger partial charge in [-0.1, -0.05) is 0 Å². The monoisotopic (exact) mass is 317 g/mol. The number of benzene rings is 1. The maximum absolute atomic E-state index is 14.0. The largest absolute Gasteiger partial charge is 0.376 e. The Balaban J connectivity index is 1.74. The number of hydrogen-bond acceptors (Lipinski definition) is 4. The zero-order valence-electron chi connectivity index (χ0n) is 12.8. The fourth-order valence-electron chi connectivity index (χ4n) is 2.88. The summed E-state index contributed by atoms with van der Waals surface area (Å²) in [6.07, 6.45) is 5.46. The maximum atomic E-state index is 14.0. The van der Waals surface area contributed by atoms with Gasteiger partial charge in [0.2, 0.25) is 0 Å². The Kier molecular flexibility index (Phi) is 4.15. The van der Waals surface area contributed by atoms with E-state index in [1.807, 2.05) is 13.2 Å². The SMILES string of the molecule is Cn1cc(N2CCC[C@H](Nc3c(F)cc(C#N)cc3F)C2)cn1. The molecule has 0 saturated carbocycles. The number of hydrogen-bond donors (Lipinski definition) is 1. The highest BCUT2D eigenvalue weighted by atomic mass is 19.1. The molecular weight excluding hydrogens is 300 g/mol. The molecule has 2 aromatic rings. The molecule has 7 heteroatoms. The third kappa shape index (κ3) is 3.26. The zero-order chi connectivity index (χ0) is 16.4. The van der Waals surface area contributed by atoms with Gasteiger partial charge in [0.05, 0.1) is 23.5 Å². The van der Waals surface area contributed by atoms with E-state index in [0.29, 0.717) is 6.54 Å². The van der Waals surface area contributed by atoms with E-state index in [1.165, 1.54) is 0 Å². The van der Waals surface area contributed by atoms with Gasteiger partial charge in [-0.05, 0) is 25.0 Å². The van der Waals surface area contributed by atoms with Crippen molar-refractivity contribution in [2.75, 3.05) is 23.3 Å². The van der Waals surface area contributed by atoms with E-state index in [4.69, 9.17) is 5.26 Å². The van der Waals surface area contributed by atoms with E-state index < -0.39 is 11.6 Å². The van der Waals surface area contributed by atoms with Crippen LogP contribution in [0.25, 0.3) is 0 Å². The Morgan fingerprint density at radius 3 is 2.70 bits per heavy atom. The first-order chi connectivity index (χ1) is 11.1. The summed E-state index contributed by atoms with van der Waals surface area (Å²) in [5.41, 5.74) is 0.813. The number of halogens is 2. The number of rotatable bonds is 3.